The Balaban J connectivity index is -0.0000000118. The Bertz CT molecular complexity index is 493. The molecular formula is H2Al2Na8O24P6-2. The second-order valence-corrected chi connectivity index (χ2v) is 8.18. The van der Waals surface area contributed by atoms with Crippen molar-refractivity contribution in [2.24, 2.45) is 0 Å². The summed E-state index contributed by atoms with van der Waals surface area (Å²) in [4.78, 5) is 151. The van der Waals surface area contributed by atoms with E-state index in [1.54, 1.807) is 0 Å². The summed E-state index contributed by atoms with van der Waals surface area (Å²) in [6, 6.07) is 0. The van der Waals surface area contributed by atoms with Crippen LogP contribution < -0.4 is 315 Å². The summed E-state index contributed by atoms with van der Waals surface area (Å²) in [6.07, 6.45) is 0. The Morgan fingerprint density at radius 1 is 0.275 bits per heavy atom. The molecule has 0 fully saturated rings. The SMILES string of the molecule is O=P([O-])([O-])O.O=P([O-])([O-])O.O=P([O-])([O-])[O-].O=P([O-])([O-])[O-].O=P([O-])([O-])[O-].O=P([O-])([O-])[O-].[Al+3].[Al+3].[Na+].[Na+].[Na+].[Na+].[Na+].[Na+].[Na+].[Na+]. The second kappa shape index (κ2) is 53.1. The molecule has 0 aromatic carbocycles. The molecule has 0 aliphatic rings. The van der Waals surface area contributed by atoms with Crippen molar-refractivity contribution in [2.75, 3.05) is 0 Å². The van der Waals surface area contributed by atoms with Crippen LogP contribution in [0.25, 0.3) is 0 Å². The van der Waals surface area contributed by atoms with E-state index in [2.05, 4.69) is 0 Å². The molecule has 0 aromatic rings. The van der Waals surface area contributed by atoms with E-state index in [4.69, 9.17) is 115 Å². The maximum Gasteiger partial charge on any atom is 3.00 e. The van der Waals surface area contributed by atoms with Gasteiger partial charge in [0.25, 0.3) is 0 Å². The third kappa shape index (κ3) is 1100. The summed E-state index contributed by atoms with van der Waals surface area (Å²) in [7, 11) is -31.8. The number of hydrogen-bond donors (Lipinski definition) is 2. The molecular weight excluding hydrogens is 808 g/mol. The first kappa shape index (κ1) is 104. The topological polar surface area (TPSA) is 512 Å². The van der Waals surface area contributed by atoms with Gasteiger partial charge in [-0.1, -0.05) is 0 Å². The molecule has 192 valence electrons. The molecule has 2 N–H and O–H groups in total. The zero-order valence-electron chi connectivity index (χ0n) is 21.7. The molecule has 0 heterocycles. The van der Waals surface area contributed by atoms with E-state index in [0.717, 1.165) is 0 Å². The van der Waals surface area contributed by atoms with Crippen LogP contribution in [-0.2, 0) is 27.4 Å². The van der Waals surface area contributed by atoms with Crippen molar-refractivity contribution in [1.29, 1.82) is 0 Å². The van der Waals surface area contributed by atoms with Gasteiger partial charge in [0.2, 0.25) is 0 Å². The normalized spacial score (nSPS) is 8.85. The van der Waals surface area contributed by atoms with Crippen molar-refractivity contribution in [1.82, 2.24) is 0 Å². The van der Waals surface area contributed by atoms with Crippen molar-refractivity contribution in [3.05, 3.63) is 0 Å². The van der Waals surface area contributed by atoms with Gasteiger partial charge in [0.05, 0.1) is 15.6 Å². The largest absolute Gasteiger partial charge is 3.00 e. The first-order valence-electron chi connectivity index (χ1n) is 4.42. The van der Waals surface area contributed by atoms with Crippen LogP contribution in [0.3, 0.4) is 0 Å². The van der Waals surface area contributed by atoms with E-state index in [0.29, 0.717) is 0 Å². The molecule has 0 bridgehead atoms. The summed E-state index contributed by atoms with van der Waals surface area (Å²) >= 11 is 0. The van der Waals surface area contributed by atoms with Gasteiger partial charge in [-0.05, 0) is 0 Å². The Morgan fingerprint density at radius 3 is 0.275 bits per heavy atom. The molecule has 0 saturated carbocycles. The third-order valence-corrected chi connectivity index (χ3v) is 0. The third-order valence-electron chi connectivity index (χ3n) is 0. The molecule has 0 radical (unpaired) electrons. The Labute approximate surface area is 424 Å². The predicted molar refractivity (Wildman–Crippen MR) is 61.6 cm³/mol. The first-order valence-corrected chi connectivity index (χ1v) is 13.2. The van der Waals surface area contributed by atoms with Crippen molar-refractivity contribution in [2.45, 2.75) is 0 Å². The summed E-state index contributed by atoms with van der Waals surface area (Å²) in [5.41, 5.74) is 0. The van der Waals surface area contributed by atoms with Crippen molar-refractivity contribution < 1.29 is 352 Å². The molecule has 0 aromatic heterocycles. The van der Waals surface area contributed by atoms with Crippen LogP contribution in [0.15, 0.2) is 0 Å². The molecule has 0 atom stereocenters. The fourth-order valence-electron chi connectivity index (χ4n) is 0. The van der Waals surface area contributed by atoms with Crippen LogP contribution in [0.5, 0.6) is 0 Å². The monoisotopic (exact) mass is 810 g/mol. The van der Waals surface area contributed by atoms with Crippen LogP contribution in [0, 0.1) is 0 Å². The van der Waals surface area contributed by atoms with E-state index in [9.17, 15) is 0 Å². The van der Waals surface area contributed by atoms with Gasteiger partial charge in [-0.15, -0.1) is 0 Å². The summed E-state index contributed by atoms with van der Waals surface area (Å²) in [6.45, 7) is 0. The van der Waals surface area contributed by atoms with Gasteiger partial charge in [-0.2, -0.15) is 31.3 Å². The molecule has 0 spiro atoms. The summed E-state index contributed by atoms with van der Waals surface area (Å²) in [5.74, 6) is 0. The maximum absolute atomic E-state index is 8.66. The Hall–Kier alpha value is 9.72. The molecule has 0 saturated heterocycles. The summed E-state index contributed by atoms with van der Waals surface area (Å²) < 4.78 is 51.5. The Morgan fingerprint density at radius 2 is 0.275 bits per heavy atom. The van der Waals surface area contributed by atoms with Crippen LogP contribution in [-0.4, -0.2) is 44.5 Å². The average molecular weight is 810 g/mol. The van der Waals surface area contributed by atoms with Crippen LogP contribution in [0.1, 0.15) is 0 Å². The predicted octanol–water partition coefficient (Wildman–Crippen LogP) is -40.4. The summed E-state index contributed by atoms with van der Waals surface area (Å²) in [5, 5.41) is 0. The maximum atomic E-state index is 8.66. The van der Waals surface area contributed by atoms with Gasteiger partial charge >= 0.3 is 271 Å². The average Bonchev–Trinajstić information content (AvgIpc) is 1.94. The van der Waals surface area contributed by atoms with E-state index in [-0.39, 0.29) is 271 Å². The molecule has 24 nitrogen and oxygen atoms in total. The van der Waals surface area contributed by atoms with Gasteiger partial charge in [0.15, 0.2) is 0 Å². The van der Waals surface area contributed by atoms with Gasteiger partial charge < -0.3 is 115 Å². The van der Waals surface area contributed by atoms with E-state index in [1.165, 1.54) is 0 Å². The number of hydrogen-bond acceptors (Lipinski definition) is 22. The van der Waals surface area contributed by atoms with E-state index in [1.807, 2.05) is 0 Å². The standard InChI is InChI=1S/2Al.8Na.6H3O4P/c;;;;;;;;;;6*1-5(2,3)4/h;;;;;;;;;;6*(H3,1,2,3,4)/q2*+3;8*+1;;;;;;/p-16. The van der Waals surface area contributed by atoms with Crippen LogP contribution in [0.2, 0.25) is 0 Å². The van der Waals surface area contributed by atoms with E-state index < -0.39 is 46.9 Å². The zero-order chi connectivity index (χ0) is 27.0. The quantitative estimate of drug-likeness (QED) is 0.169. The van der Waals surface area contributed by atoms with Gasteiger partial charge in [0.1, 0.15) is 0 Å². The minimum absolute atomic E-state index is 0. The fraction of sp³-hybridized carbons (Fsp3) is 0. The van der Waals surface area contributed by atoms with Gasteiger partial charge in [-0.3, -0.25) is 0 Å². The fourth-order valence-corrected chi connectivity index (χ4v) is 0. The van der Waals surface area contributed by atoms with Crippen molar-refractivity contribution >= 4 is 81.7 Å². The van der Waals surface area contributed by atoms with Crippen molar-refractivity contribution in [3.8, 4) is 0 Å². The number of phosphoric acid groups is 6. The molecule has 0 amide bonds. The van der Waals surface area contributed by atoms with Crippen LogP contribution in [0.4, 0.5) is 0 Å². The Kier molecular flexibility index (Phi) is 138. The minimum atomic E-state index is -5.39. The molecule has 40 heteroatoms. The molecule has 40 heavy (non-hydrogen) atoms. The second-order valence-electron chi connectivity index (χ2n) is 2.73. The zero-order valence-corrected chi connectivity index (χ0v) is 45.4. The minimum Gasteiger partial charge on any atom is -0.822 e. The van der Waals surface area contributed by atoms with Crippen LogP contribution >= 0.6 is 46.9 Å². The first-order chi connectivity index (χ1) is 12.0. The van der Waals surface area contributed by atoms with Gasteiger partial charge in [0, 0.05) is 0 Å². The molecule has 0 aliphatic heterocycles. The smallest absolute Gasteiger partial charge is 0.822 e. The number of rotatable bonds is 0. The van der Waals surface area contributed by atoms with E-state index >= 15 is 0 Å². The molecule has 0 rings (SSSR count). The molecule has 0 unspecified atom stereocenters. The molecule has 0 aliphatic carbocycles. The van der Waals surface area contributed by atoms with Gasteiger partial charge in [-0.25, -0.2) is 0 Å². The van der Waals surface area contributed by atoms with Crippen molar-refractivity contribution in [3.63, 3.8) is 0 Å².